The molecule has 0 spiro atoms. The first-order valence-electron chi connectivity index (χ1n) is 3.41. The molecule has 1 aromatic carbocycles. The maximum absolute atomic E-state index is 11.8. The van der Waals surface area contributed by atoms with Crippen molar-refractivity contribution >= 4 is 12.6 Å². The van der Waals surface area contributed by atoms with Crippen molar-refractivity contribution in [3.05, 3.63) is 23.8 Å². The van der Waals surface area contributed by atoms with E-state index in [-0.39, 0.29) is 10.5 Å². The van der Waals surface area contributed by atoms with Gasteiger partial charge in [0.25, 0.3) is 0 Å². The summed E-state index contributed by atoms with van der Waals surface area (Å²) in [5, 5.41) is 8.44. The highest BCUT2D eigenvalue weighted by Gasteiger charge is 2.31. The van der Waals surface area contributed by atoms with Gasteiger partial charge in [-0.3, -0.25) is 0 Å². The molecule has 2 nitrogen and oxygen atoms in total. The number of thiol groups is 1. The summed E-state index contributed by atoms with van der Waals surface area (Å²) < 4.78 is 39.0. The van der Waals surface area contributed by atoms with Crippen LogP contribution in [0.5, 0.6) is 5.75 Å². The van der Waals surface area contributed by atoms with Gasteiger partial charge in [0.15, 0.2) is 0 Å². The maximum atomic E-state index is 11.8. The fraction of sp³-hybridized carbons (Fsp3) is 0.125. The zero-order valence-corrected chi connectivity index (χ0v) is 7.56. The van der Waals surface area contributed by atoms with E-state index in [0.29, 0.717) is 0 Å². The third-order valence-corrected chi connectivity index (χ3v) is 1.66. The summed E-state index contributed by atoms with van der Waals surface area (Å²) in [7, 11) is 0. The van der Waals surface area contributed by atoms with Crippen molar-refractivity contribution in [2.75, 3.05) is 0 Å². The molecule has 74 valence electrons. The molecule has 0 aliphatic rings. The fourth-order valence-corrected chi connectivity index (χ4v) is 1.06. The van der Waals surface area contributed by atoms with Crippen molar-refractivity contribution in [3.63, 3.8) is 0 Å². The number of ether oxygens (including phenoxy) is 1. The Morgan fingerprint density at radius 1 is 1.36 bits per heavy atom. The van der Waals surface area contributed by atoms with Crippen LogP contribution in [0.25, 0.3) is 0 Å². The Labute approximate surface area is 83.3 Å². The minimum Gasteiger partial charge on any atom is -0.405 e. The molecule has 0 bridgehead atoms. The number of nitrogens with zero attached hydrogens (tertiary/aromatic N) is 1. The Kier molecular flexibility index (Phi) is 2.91. The highest BCUT2D eigenvalue weighted by molar-refractivity contribution is 7.80. The summed E-state index contributed by atoms with van der Waals surface area (Å²) in [4.78, 5) is -0.0265. The third kappa shape index (κ3) is 2.85. The number of hydrogen-bond donors (Lipinski definition) is 1. The van der Waals surface area contributed by atoms with Crippen LogP contribution >= 0.6 is 12.6 Å². The van der Waals surface area contributed by atoms with Crippen molar-refractivity contribution < 1.29 is 17.9 Å². The van der Waals surface area contributed by atoms with E-state index in [1.54, 1.807) is 6.07 Å². The lowest BCUT2D eigenvalue weighted by Crippen LogP contribution is -2.17. The molecule has 0 unspecified atom stereocenters. The minimum atomic E-state index is -4.74. The van der Waals surface area contributed by atoms with Crippen LogP contribution in [0, 0.1) is 11.3 Å². The molecule has 0 radical (unpaired) electrons. The van der Waals surface area contributed by atoms with Gasteiger partial charge in [-0.15, -0.1) is 25.8 Å². The summed E-state index contributed by atoms with van der Waals surface area (Å²) in [6.45, 7) is 0. The highest BCUT2D eigenvalue weighted by Crippen LogP contribution is 2.29. The van der Waals surface area contributed by atoms with Crippen LogP contribution < -0.4 is 4.74 Å². The standard InChI is InChI=1S/C8H4F3NOS/c9-8(10,11)13-6-2-1-5(4-12)3-7(6)14/h1-3,14H. The lowest BCUT2D eigenvalue weighted by atomic mass is 10.2. The molecule has 0 aromatic heterocycles. The van der Waals surface area contributed by atoms with E-state index >= 15 is 0 Å². The number of benzene rings is 1. The molecule has 1 rings (SSSR count). The summed E-state index contributed by atoms with van der Waals surface area (Å²) >= 11 is 3.76. The molecular formula is C8H4F3NOS. The van der Waals surface area contributed by atoms with Crippen molar-refractivity contribution in [3.8, 4) is 11.8 Å². The van der Waals surface area contributed by atoms with E-state index in [1.165, 1.54) is 12.1 Å². The summed E-state index contributed by atoms with van der Waals surface area (Å²) in [5.41, 5.74) is 0.226. The van der Waals surface area contributed by atoms with Crippen LogP contribution in [0.1, 0.15) is 5.56 Å². The van der Waals surface area contributed by atoms with E-state index in [0.717, 1.165) is 6.07 Å². The van der Waals surface area contributed by atoms with E-state index < -0.39 is 12.1 Å². The van der Waals surface area contributed by atoms with Gasteiger partial charge in [-0.05, 0) is 18.2 Å². The van der Waals surface area contributed by atoms with Gasteiger partial charge in [0.1, 0.15) is 5.75 Å². The second-order valence-corrected chi connectivity index (χ2v) is 2.82. The maximum Gasteiger partial charge on any atom is 0.573 e. The zero-order chi connectivity index (χ0) is 10.8. The topological polar surface area (TPSA) is 33.0 Å². The predicted molar refractivity (Wildman–Crippen MR) is 45.1 cm³/mol. The number of rotatable bonds is 1. The third-order valence-electron chi connectivity index (χ3n) is 1.31. The molecule has 0 N–H and O–H groups in total. The van der Waals surface area contributed by atoms with Crippen molar-refractivity contribution in [1.29, 1.82) is 5.26 Å². The van der Waals surface area contributed by atoms with Gasteiger partial charge in [-0.25, -0.2) is 0 Å². The van der Waals surface area contributed by atoms with Crippen LogP contribution in [0.4, 0.5) is 13.2 Å². The summed E-state index contributed by atoms with van der Waals surface area (Å²) in [6, 6.07) is 5.24. The molecule has 0 saturated heterocycles. The number of hydrogen-bond acceptors (Lipinski definition) is 3. The summed E-state index contributed by atoms with van der Waals surface area (Å²) in [5.74, 6) is -0.417. The quantitative estimate of drug-likeness (QED) is 0.736. The fourth-order valence-electron chi connectivity index (χ4n) is 0.798. The van der Waals surface area contributed by atoms with E-state index in [2.05, 4.69) is 17.4 Å². The first kappa shape index (κ1) is 10.7. The average molecular weight is 219 g/mol. The second-order valence-electron chi connectivity index (χ2n) is 2.34. The molecule has 1 aromatic rings. The Hall–Kier alpha value is -1.35. The minimum absolute atomic E-state index is 0.0265. The Morgan fingerprint density at radius 3 is 2.43 bits per heavy atom. The van der Waals surface area contributed by atoms with E-state index in [1.807, 2.05) is 0 Å². The zero-order valence-electron chi connectivity index (χ0n) is 6.67. The van der Waals surface area contributed by atoms with Gasteiger partial charge in [-0.1, -0.05) is 0 Å². The number of alkyl halides is 3. The first-order valence-corrected chi connectivity index (χ1v) is 3.86. The molecule has 0 atom stereocenters. The normalized spacial score (nSPS) is 10.8. The second kappa shape index (κ2) is 3.80. The molecule has 0 saturated carbocycles. The smallest absolute Gasteiger partial charge is 0.405 e. The van der Waals surface area contributed by atoms with Gasteiger partial charge in [0, 0.05) is 4.90 Å². The van der Waals surface area contributed by atoms with Gasteiger partial charge in [0.2, 0.25) is 0 Å². The molecule has 6 heteroatoms. The van der Waals surface area contributed by atoms with Crippen LogP contribution in [0.15, 0.2) is 23.1 Å². The van der Waals surface area contributed by atoms with Gasteiger partial charge < -0.3 is 4.74 Å². The molecule has 0 aliphatic carbocycles. The highest BCUT2D eigenvalue weighted by atomic mass is 32.1. The predicted octanol–water partition coefficient (Wildman–Crippen LogP) is 2.75. The van der Waals surface area contributed by atoms with Crippen molar-refractivity contribution in [1.82, 2.24) is 0 Å². The van der Waals surface area contributed by atoms with Crippen molar-refractivity contribution in [2.24, 2.45) is 0 Å². The lowest BCUT2D eigenvalue weighted by molar-refractivity contribution is -0.275. The molecule has 0 heterocycles. The van der Waals surface area contributed by atoms with E-state index in [4.69, 9.17) is 5.26 Å². The molecule has 0 amide bonds. The van der Waals surface area contributed by atoms with Crippen LogP contribution in [-0.2, 0) is 0 Å². The SMILES string of the molecule is N#Cc1ccc(OC(F)(F)F)c(S)c1. The van der Waals surface area contributed by atoms with Gasteiger partial charge >= 0.3 is 6.36 Å². The van der Waals surface area contributed by atoms with Crippen LogP contribution in [0.2, 0.25) is 0 Å². The average Bonchev–Trinajstić information content (AvgIpc) is 2.06. The number of halogens is 3. The first-order chi connectivity index (χ1) is 6.42. The number of nitriles is 1. The monoisotopic (exact) mass is 219 g/mol. The molecular weight excluding hydrogens is 215 g/mol. The van der Waals surface area contributed by atoms with Crippen LogP contribution in [-0.4, -0.2) is 6.36 Å². The molecule has 14 heavy (non-hydrogen) atoms. The van der Waals surface area contributed by atoms with Crippen LogP contribution in [0.3, 0.4) is 0 Å². The Balaban J connectivity index is 2.97. The van der Waals surface area contributed by atoms with E-state index in [9.17, 15) is 13.2 Å². The Bertz CT molecular complexity index is 383. The summed E-state index contributed by atoms with van der Waals surface area (Å²) in [6.07, 6.45) is -4.74. The Morgan fingerprint density at radius 2 is 2.00 bits per heavy atom. The largest absolute Gasteiger partial charge is 0.573 e. The molecule has 0 fully saturated rings. The van der Waals surface area contributed by atoms with Gasteiger partial charge in [-0.2, -0.15) is 5.26 Å². The lowest BCUT2D eigenvalue weighted by Gasteiger charge is -2.10. The van der Waals surface area contributed by atoms with Gasteiger partial charge in [0.05, 0.1) is 11.6 Å². The van der Waals surface area contributed by atoms with Crippen molar-refractivity contribution in [2.45, 2.75) is 11.3 Å². The molecule has 0 aliphatic heterocycles.